The summed E-state index contributed by atoms with van der Waals surface area (Å²) in [6, 6.07) is 10.6. The second-order valence-electron chi connectivity index (χ2n) is 7.55. The van der Waals surface area contributed by atoms with E-state index in [1.54, 1.807) is 6.92 Å². The molecule has 25 heavy (non-hydrogen) atoms. The van der Waals surface area contributed by atoms with Crippen LogP contribution in [-0.4, -0.2) is 41.4 Å². The van der Waals surface area contributed by atoms with Gasteiger partial charge in [-0.05, 0) is 62.4 Å². The fourth-order valence-corrected chi connectivity index (χ4v) is 4.45. The van der Waals surface area contributed by atoms with E-state index in [4.69, 9.17) is 5.26 Å². The fourth-order valence-electron chi connectivity index (χ4n) is 4.45. The van der Waals surface area contributed by atoms with Gasteiger partial charge in [-0.2, -0.15) is 5.26 Å². The Kier molecular flexibility index (Phi) is 6.09. The number of nitriles is 1. The molecule has 1 aromatic rings. The van der Waals surface area contributed by atoms with Gasteiger partial charge < -0.3 is 4.90 Å². The summed E-state index contributed by atoms with van der Waals surface area (Å²) < 4.78 is 0. The molecule has 0 unspecified atom stereocenters. The molecule has 0 N–H and O–H groups in total. The average molecular weight is 339 g/mol. The van der Waals surface area contributed by atoms with Crippen molar-refractivity contribution in [2.24, 2.45) is 5.92 Å². The SMILES string of the molecule is CC(=O)N1CCCCC[C@H]1C1CCN(Cc2ccc(C#N)cc2)CC1. The van der Waals surface area contributed by atoms with Crippen molar-refractivity contribution in [3.63, 3.8) is 0 Å². The number of rotatable bonds is 3. The first-order valence-corrected chi connectivity index (χ1v) is 9.66. The normalized spacial score (nSPS) is 23.0. The molecule has 0 aromatic heterocycles. The van der Waals surface area contributed by atoms with Gasteiger partial charge in [-0.3, -0.25) is 9.69 Å². The zero-order chi connectivity index (χ0) is 17.6. The van der Waals surface area contributed by atoms with Crippen LogP contribution in [0.5, 0.6) is 0 Å². The second-order valence-corrected chi connectivity index (χ2v) is 7.55. The van der Waals surface area contributed by atoms with Gasteiger partial charge in [0, 0.05) is 26.1 Å². The first kappa shape index (κ1) is 17.9. The van der Waals surface area contributed by atoms with Crippen molar-refractivity contribution in [2.45, 2.75) is 58.0 Å². The Hall–Kier alpha value is -1.86. The van der Waals surface area contributed by atoms with E-state index in [2.05, 4.69) is 28.0 Å². The highest BCUT2D eigenvalue weighted by atomic mass is 16.2. The predicted octanol–water partition coefficient (Wildman–Crippen LogP) is 3.56. The Morgan fingerprint density at radius 2 is 1.80 bits per heavy atom. The summed E-state index contributed by atoms with van der Waals surface area (Å²) in [4.78, 5) is 16.7. The van der Waals surface area contributed by atoms with Crippen molar-refractivity contribution >= 4 is 5.91 Å². The smallest absolute Gasteiger partial charge is 0.219 e. The molecule has 2 aliphatic rings. The third-order valence-corrected chi connectivity index (χ3v) is 5.87. The number of hydrogen-bond donors (Lipinski definition) is 0. The first-order valence-electron chi connectivity index (χ1n) is 9.66. The average Bonchev–Trinajstić information content (AvgIpc) is 2.89. The highest BCUT2D eigenvalue weighted by Crippen LogP contribution is 2.30. The summed E-state index contributed by atoms with van der Waals surface area (Å²) in [6.07, 6.45) is 7.24. The molecule has 2 aliphatic heterocycles. The molecule has 4 nitrogen and oxygen atoms in total. The molecule has 2 heterocycles. The van der Waals surface area contributed by atoms with E-state index in [0.717, 1.165) is 38.2 Å². The Morgan fingerprint density at radius 1 is 1.08 bits per heavy atom. The van der Waals surface area contributed by atoms with E-state index in [1.165, 1.54) is 37.7 Å². The fraction of sp³-hybridized carbons (Fsp3) is 0.619. The minimum atomic E-state index is 0.256. The minimum Gasteiger partial charge on any atom is -0.340 e. The number of benzene rings is 1. The van der Waals surface area contributed by atoms with Crippen molar-refractivity contribution in [2.75, 3.05) is 19.6 Å². The summed E-state index contributed by atoms with van der Waals surface area (Å²) in [5, 5.41) is 8.89. The summed E-state index contributed by atoms with van der Waals surface area (Å²) in [5.74, 6) is 0.908. The zero-order valence-electron chi connectivity index (χ0n) is 15.3. The Labute approximate surface area is 151 Å². The highest BCUT2D eigenvalue weighted by molar-refractivity contribution is 5.73. The number of carbonyl (C=O) groups is 1. The number of hydrogen-bond acceptors (Lipinski definition) is 3. The molecule has 134 valence electrons. The van der Waals surface area contributed by atoms with E-state index in [1.807, 2.05) is 12.1 Å². The summed E-state index contributed by atoms with van der Waals surface area (Å²) >= 11 is 0. The van der Waals surface area contributed by atoms with E-state index in [0.29, 0.717) is 12.0 Å². The Balaban J connectivity index is 1.55. The molecule has 1 aromatic carbocycles. The van der Waals surface area contributed by atoms with Crippen LogP contribution >= 0.6 is 0 Å². The van der Waals surface area contributed by atoms with E-state index in [9.17, 15) is 4.79 Å². The topological polar surface area (TPSA) is 47.3 Å². The lowest BCUT2D eigenvalue weighted by Crippen LogP contribution is -2.47. The molecule has 0 aliphatic carbocycles. The maximum Gasteiger partial charge on any atom is 0.219 e. The molecular weight excluding hydrogens is 310 g/mol. The maximum atomic E-state index is 12.1. The molecule has 0 spiro atoms. The zero-order valence-corrected chi connectivity index (χ0v) is 15.3. The van der Waals surface area contributed by atoms with Gasteiger partial charge in [-0.15, -0.1) is 0 Å². The molecular formula is C21H29N3O. The second kappa shape index (κ2) is 8.49. The van der Waals surface area contributed by atoms with Gasteiger partial charge in [0.15, 0.2) is 0 Å². The standard InChI is InChI=1S/C21H29N3O/c1-17(25)24-12-4-2-3-5-21(24)20-10-13-23(14-11-20)16-19-8-6-18(15-22)7-9-19/h6-9,20-21H,2-5,10-14,16H2,1H3/t21-/m0/s1. The highest BCUT2D eigenvalue weighted by Gasteiger charge is 2.32. The lowest BCUT2D eigenvalue weighted by atomic mass is 9.86. The third kappa shape index (κ3) is 4.61. The number of amides is 1. The maximum absolute atomic E-state index is 12.1. The lowest BCUT2D eigenvalue weighted by Gasteiger charge is -2.40. The van der Waals surface area contributed by atoms with Crippen LogP contribution < -0.4 is 0 Å². The van der Waals surface area contributed by atoms with E-state index < -0.39 is 0 Å². The number of likely N-dealkylation sites (tertiary alicyclic amines) is 2. The van der Waals surface area contributed by atoms with Gasteiger partial charge in [-0.25, -0.2) is 0 Å². The van der Waals surface area contributed by atoms with Crippen LogP contribution in [0.1, 0.15) is 56.6 Å². The molecule has 1 amide bonds. The molecule has 1 atom stereocenters. The quantitative estimate of drug-likeness (QED) is 0.846. The van der Waals surface area contributed by atoms with Gasteiger partial charge >= 0.3 is 0 Å². The molecule has 2 saturated heterocycles. The van der Waals surface area contributed by atoms with Crippen LogP contribution in [0.25, 0.3) is 0 Å². The molecule has 0 saturated carbocycles. The van der Waals surface area contributed by atoms with Crippen molar-refractivity contribution in [1.29, 1.82) is 5.26 Å². The van der Waals surface area contributed by atoms with Crippen LogP contribution in [0.2, 0.25) is 0 Å². The van der Waals surface area contributed by atoms with Gasteiger partial charge in [-0.1, -0.05) is 25.0 Å². The third-order valence-electron chi connectivity index (χ3n) is 5.87. The number of carbonyl (C=O) groups excluding carboxylic acids is 1. The number of piperidine rings is 1. The minimum absolute atomic E-state index is 0.256. The molecule has 0 bridgehead atoms. The molecule has 0 radical (unpaired) electrons. The molecule has 4 heteroatoms. The van der Waals surface area contributed by atoms with Gasteiger partial charge in [0.05, 0.1) is 11.6 Å². The monoisotopic (exact) mass is 339 g/mol. The Morgan fingerprint density at radius 3 is 2.44 bits per heavy atom. The van der Waals surface area contributed by atoms with Crippen LogP contribution in [0.15, 0.2) is 24.3 Å². The van der Waals surface area contributed by atoms with E-state index in [-0.39, 0.29) is 5.91 Å². The largest absolute Gasteiger partial charge is 0.340 e. The first-order chi connectivity index (χ1) is 12.2. The van der Waals surface area contributed by atoms with Crippen LogP contribution in [0.4, 0.5) is 0 Å². The van der Waals surface area contributed by atoms with Crippen LogP contribution in [0, 0.1) is 17.2 Å². The van der Waals surface area contributed by atoms with Crippen LogP contribution in [-0.2, 0) is 11.3 Å². The van der Waals surface area contributed by atoms with Crippen LogP contribution in [0.3, 0.4) is 0 Å². The van der Waals surface area contributed by atoms with E-state index >= 15 is 0 Å². The van der Waals surface area contributed by atoms with Crippen molar-refractivity contribution < 1.29 is 4.79 Å². The van der Waals surface area contributed by atoms with Crippen molar-refractivity contribution in [1.82, 2.24) is 9.80 Å². The van der Waals surface area contributed by atoms with Gasteiger partial charge in [0.1, 0.15) is 0 Å². The Bertz CT molecular complexity index is 611. The molecule has 2 fully saturated rings. The van der Waals surface area contributed by atoms with Gasteiger partial charge in [0.2, 0.25) is 5.91 Å². The lowest BCUT2D eigenvalue weighted by molar-refractivity contribution is -0.132. The van der Waals surface area contributed by atoms with Crippen molar-refractivity contribution in [3.8, 4) is 6.07 Å². The molecule has 3 rings (SSSR count). The predicted molar refractivity (Wildman–Crippen MR) is 98.8 cm³/mol. The number of nitrogens with zero attached hydrogens (tertiary/aromatic N) is 3. The van der Waals surface area contributed by atoms with Crippen molar-refractivity contribution in [3.05, 3.63) is 35.4 Å². The summed E-state index contributed by atoms with van der Waals surface area (Å²) in [6.45, 7) is 5.85. The summed E-state index contributed by atoms with van der Waals surface area (Å²) in [5.41, 5.74) is 2.00. The van der Waals surface area contributed by atoms with Gasteiger partial charge in [0.25, 0.3) is 0 Å². The summed E-state index contributed by atoms with van der Waals surface area (Å²) in [7, 11) is 0.